The lowest BCUT2D eigenvalue weighted by atomic mass is 10.1. The van der Waals surface area contributed by atoms with E-state index in [4.69, 9.17) is 5.26 Å². The molecule has 1 atom stereocenters. The minimum Gasteiger partial charge on any atom is -0.381 e. The third kappa shape index (κ3) is 2.24. The van der Waals surface area contributed by atoms with Crippen LogP contribution < -0.4 is 0 Å². The Hall–Kier alpha value is -2.00. The highest BCUT2D eigenvalue weighted by molar-refractivity contribution is 5.32. The molecular weight excluding hydrogens is 186 g/mol. The molecule has 1 aromatic rings. The van der Waals surface area contributed by atoms with Gasteiger partial charge in [-0.15, -0.1) is 0 Å². The number of hydrogen-bond donors (Lipinski definition) is 1. The van der Waals surface area contributed by atoms with E-state index < -0.39 is 17.6 Å². The fourth-order valence-electron chi connectivity index (χ4n) is 1.02. The Bertz CT molecular complexity index is 386. The summed E-state index contributed by atoms with van der Waals surface area (Å²) in [6.45, 7) is -0.625. The number of aliphatic hydroxyl groups excluding tert-OH is 1. The molecule has 0 unspecified atom stereocenters. The molecule has 0 aliphatic heterocycles. The first-order chi connectivity index (χ1) is 6.65. The lowest BCUT2D eigenvalue weighted by molar-refractivity contribution is -0.491. The van der Waals surface area contributed by atoms with Crippen LogP contribution in [0.2, 0.25) is 0 Å². The molecule has 0 aromatic carbocycles. The number of nitro groups is 1. The quantitative estimate of drug-likeness (QED) is 0.548. The van der Waals surface area contributed by atoms with Crippen molar-refractivity contribution in [2.45, 2.75) is 6.10 Å². The average Bonchev–Trinajstić information content (AvgIpc) is 2.16. The lowest BCUT2D eigenvalue weighted by Gasteiger charge is -2.06. The van der Waals surface area contributed by atoms with Gasteiger partial charge in [-0.05, 0) is 6.07 Å². The van der Waals surface area contributed by atoms with E-state index in [9.17, 15) is 15.2 Å². The van der Waals surface area contributed by atoms with Gasteiger partial charge in [0.2, 0.25) is 6.54 Å². The average molecular weight is 193 g/mol. The highest BCUT2D eigenvalue weighted by Gasteiger charge is 2.17. The fraction of sp³-hybridized carbons (Fsp3) is 0.250. The molecule has 0 saturated carbocycles. The van der Waals surface area contributed by atoms with E-state index in [1.165, 1.54) is 18.3 Å². The van der Waals surface area contributed by atoms with Gasteiger partial charge in [-0.1, -0.05) is 6.07 Å². The molecule has 0 amide bonds. The maximum absolute atomic E-state index is 10.1. The first-order valence-corrected chi connectivity index (χ1v) is 3.80. The van der Waals surface area contributed by atoms with Crippen LogP contribution in [0.1, 0.15) is 17.4 Å². The molecule has 0 saturated heterocycles. The molecule has 1 rings (SSSR count). The van der Waals surface area contributed by atoms with Crippen LogP contribution in [-0.4, -0.2) is 21.6 Å². The number of pyridine rings is 1. The molecule has 1 N–H and O–H groups in total. The minimum absolute atomic E-state index is 0.0156. The van der Waals surface area contributed by atoms with Gasteiger partial charge in [-0.25, -0.2) is 4.98 Å². The topological polar surface area (TPSA) is 100 Å². The molecule has 14 heavy (non-hydrogen) atoms. The number of nitrogens with zero attached hydrogens (tertiary/aromatic N) is 3. The third-order valence-electron chi connectivity index (χ3n) is 1.63. The van der Waals surface area contributed by atoms with Gasteiger partial charge in [0.15, 0.2) is 0 Å². The summed E-state index contributed by atoms with van der Waals surface area (Å²) < 4.78 is 0. The Morgan fingerprint density at radius 2 is 2.50 bits per heavy atom. The molecule has 1 heterocycles. The molecule has 0 radical (unpaired) electrons. The molecule has 0 spiro atoms. The zero-order chi connectivity index (χ0) is 10.6. The van der Waals surface area contributed by atoms with Crippen LogP contribution in [-0.2, 0) is 0 Å². The van der Waals surface area contributed by atoms with Gasteiger partial charge in [0.05, 0.1) is 0 Å². The maximum atomic E-state index is 10.1. The molecular formula is C8H7N3O3. The first-order valence-electron chi connectivity index (χ1n) is 3.80. The van der Waals surface area contributed by atoms with Gasteiger partial charge in [-0.3, -0.25) is 10.1 Å². The van der Waals surface area contributed by atoms with E-state index in [1.807, 2.05) is 0 Å². The van der Waals surface area contributed by atoms with Gasteiger partial charge in [-0.2, -0.15) is 5.26 Å². The Labute approximate surface area is 79.6 Å². The second-order valence-electron chi connectivity index (χ2n) is 2.58. The van der Waals surface area contributed by atoms with Crippen LogP contribution in [0.5, 0.6) is 0 Å². The lowest BCUT2D eigenvalue weighted by Crippen LogP contribution is -2.13. The van der Waals surface area contributed by atoms with Crippen molar-refractivity contribution in [3.63, 3.8) is 0 Å². The number of hydrogen-bond acceptors (Lipinski definition) is 5. The second-order valence-corrected chi connectivity index (χ2v) is 2.58. The zero-order valence-electron chi connectivity index (χ0n) is 7.12. The van der Waals surface area contributed by atoms with Crippen LogP contribution in [0, 0.1) is 21.4 Å². The highest BCUT2D eigenvalue weighted by Crippen LogP contribution is 2.15. The normalized spacial score (nSPS) is 11.7. The van der Waals surface area contributed by atoms with Crippen molar-refractivity contribution >= 4 is 0 Å². The Balaban J connectivity index is 2.95. The summed E-state index contributed by atoms with van der Waals surface area (Å²) in [5.41, 5.74) is 0.202. The molecule has 0 aliphatic rings. The van der Waals surface area contributed by atoms with E-state index in [0.29, 0.717) is 0 Å². The van der Waals surface area contributed by atoms with E-state index in [-0.39, 0.29) is 11.3 Å². The first kappa shape index (κ1) is 10.1. The SMILES string of the molecule is N#Cc1ncccc1[C@H](O)C[N+](=O)[O-]. The molecule has 6 nitrogen and oxygen atoms in total. The number of rotatable bonds is 3. The van der Waals surface area contributed by atoms with E-state index in [2.05, 4.69) is 4.98 Å². The predicted molar refractivity (Wildman–Crippen MR) is 45.8 cm³/mol. The standard InChI is InChI=1S/C8H7N3O3/c9-4-7-6(2-1-3-10-7)8(12)5-11(13)14/h1-3,8,12H,5H2/t8-/m1/s1. The van der Waals surface area contributed by atoms with Crippen molar-refractivity contribution in [2.75, 3.05) is 6.54 Å². The van der Waals surface area contributed by atoms with Gasteiger partial charge < -0.3 is 5.11 Å². The van der Waals surface area contributed by atoms with Gasteiger partial charge in [0, 0.05) is 16.7 Å². The Morgan fingerprint density at radius 1 is 1.79 bits per heavy atom. The summed E-state index contributed by atoms with van der Waals surface area (Å²) in [6.07, 6.45) is 0.106. The monoisotopic (exact) mass is 193 g/mol. The smallest absolute Gasteiger partial charge is 0.233 e. The number of aromatic nitrogens is 1. The Kier molecular flexibility index (Phi) is 3.09. The summed E-state index contributed by atoms with van der Waals surface area (Å²) in [5.74, 6) is 0. The molecule has 6 heteroatoms. The van der Waals surface area contributed by atoms with E-state index in [0.717, 1.165) is 0 Å². The van der Waals surface area contributed by atoms with Crippen LogP contribution in [0.3, 0.4) is 0 Å². The van der Waals surface area contributed by atoms with Crippen molar-refractivity contribution in [1.82, 2.24) is 4.98 Å². The van der Waals surface area contributed by atoms with Crippen molar-refractivity contribution < 1.29 is 10.0 Å². The summed E-state index contributed by atoms with van der Waals surface area (Å²) in [5, 5.41) is 28.1. The Morgan fingerprint density at radius 3 is 3.07 bits per heavy atom. The third-order valence-corrected chi connectivity index (χ3v) is 1.63. The van der Waals surface area contributed by atoms with Crippen molar-refractivity contribution in [2.24, 2.45) is 0 Å². The molecule has 72 valence electrons. The minimum atomic E-state index is -1.28. The summed E-state index contributed by atoms with van der Waals surface area (Å²) in [7, 11) is 0. The van der Waals surface area contributed by atoms with E-state index >= 15 is 0 Å². The van der Waals surface area contributed by atoms with Crippen LogP contribution in [0.25, 0.3) is 0 Å². The highest BCUT2D eigenvalue weighted by atomic mass is 16.6. The fourth-order valence-corrected chi connectivity index (χ4v) is 1.02. The molecule has 0 fully saturated rings. The molecule has 1 aromatic heterocycles. The van der Waals surface area contributed by atoms with Crippen LogP contribution in [0.4, 0.5) is 0 Å². The molecule has 0 bridgehead atoms. The van der Waals surface area contributed by atoms with Crippen molar-refractivity contribution in [3.8, 4) is 6.07 Å². The van der Waals surface area contributed by atoms with Crippen molar-refractivity contribution in [3.05, 3.63) is 39.7 Å². The zero-order valence-corrected chi connectivity index (χ0v) is 7.12. The van der Waals surface area contributed by atoms with Crippen LogP contribution in [0.15, 0.2) is 18.3 Å². The number of aliphatic hydroxyl groups is 1. The summed E-state index contributed by atoms with van der Waals surface area (Å²) >= 11 is 0. The summed E-state index contributed by atoms with van der Waals surface area (Å²) in [6, 6.07) is 4.71. The van der Waals surface area contributed by atoms with Gasteiger partial charge in [0.25, 0.3) is 0 Å². The van der Waals surface area contributed by atoms with Gasteiger partial charge in [0.1, 0.15) is 17.9 Å². The van der Waals surface area contributed by atoms with Crippen molar-refractivity contribution in [1.29, 1.82) is 5.26 Å². The van der Waals surface area contributed by atoms with Gasteiger partial charge >= 0.3 is 0 Å². The van der Waals surface area contributed by atoms with E-state index in [1.54, 1.807) is 6.07 Å². The molecule has 0 aliphatic carbocycles. The maximum Gasteiger partial charge on any atom is 0.233 e. The second kappa shape index (κ2) is 4.30. The largest absolute Gasteiger partial charge is 0.381 e. The number of nitriles is 1. The van der Waals surface area contributed by atoms with Crippen LogP contribution >= 0.6 is 0 Å². The predicted octanol–water partition coefficient (Wildman–Crippen LogP) is 0.263. The summed E-state index contributed by atoms with van der Waals surface area (Å²) in [4.78, 5) is 13.2.